The minimum absolute atomic E-state index is 0.225. The van der Waals surface area contributed by atoms with Gasteiger partial charge in [-0.15, -0.1) is 0 Å². The van der Waals surface area contributed by atoms with E-state index in [1.165, 1.54) is 12.0 Å². The SMILES string of the molecule is Cc1cc(C)c(C2CCCCC2)c(-c2ccccc2C(=O)O)c1-c1ccccc1C(=O)O. The minimum atomic E-state index is -0.989. The summed E-state index contributed by atoms with van der Waals surface area (Å²) in [7, 11) is 0. The molecule has 1 aliphatic rings. The van der Waals surface area contributed by atoms with Crippen LogP contribution < -0.4 is 0 Å². The summed E-state index contributed by atoms with van der Waals surface area (Å²) in [5, 5.41) is 19.9. The first-order chi connectivity index (χ1) is 15.4. The number of aryl methyl sites for hydroxylation is 2. The highest BCUT2D eigenvalue weighted by atomic mass is 16.4. The Kier molecular flexibility index (Phi) is 6.13. The van der Waals surface area contributed by atoms with Crippen LogP contribution in [0, 0.1) is 13.8 Å². The van der Waals surface area contributed by atoms with Crippen LogP contribution in [0.25, 0.3) is 22.3 Å². The Labute approximate surface area is 188 Å². The molecule has 0 radical (unpaired) electrons. The number of benzene rings is 3. The largest absolute Gasteiger partial charge is 0.478 e. The van der Waals surface area contributed by atoms with Gasteiger partial charge in [-0.3, -0.25) is 0 Å². The summed E-state index contributed by atoms with van der Waals surface area (Å²) >= 11 is 0. The normalized spacial score (nSPS) is 14.3. The van der Waals surface area contributed by atoms with Crippen LogP contribution in [0.2, 0.25) is 0 Å². The molecule has 1 aliphatic carbocycles. The molecule has 1 saturated carbocycles. The van der Waals surface area contributed by atoms with Crippen LogP contribution in [0.15, 0.2) is 54.6 Å². The molecular weight excluding hydrogens is 400 g/mol. The third-order valence-corrected chi connectivity index (χ3v) is 6.64. The second kappa shape index (κ2) is 8.99. The third-order valence-electron chi connectivity index (χ3n) is 6.64. The lowest BCUT2D eigenvalue weighted by molar-refractivity contribution is 0.0686. The lowest BCUT2D eigenvalue weighted by Gasteiger charge is -2.30. The van der Waals surface area contributed by atoms with Crippen molar-refractivity contribution < 1.29 is 19.8 Å². The molecular formula is C28H28O4. The highest BCUT2D eigenvalue weighted by molar-refractivity contribution is 6.04. The van der Waals surface area contributed by atoms with Crippen molar-refractivity contribution in [1.82, 2.24) is 0 Å². The summed E-state index contributed by atoms with van der Waals surface area (Å²) in [4.78, 5) is 24.3. The zero-order chi connectivity index (χ0) is 22.8. The topological polar surface area (TPSA) is 74.6 Å². The minimum Gasteiger partial charge on any atom is -0.478 e. The van der Waals surface area contributed by atoms with Gasteiger partial charge >= 0.3 is 11.9 Å². The number of carbonyl (C=O) groups is 2. The van der Waals surface area contributed by atoms with E-state index in [-0.39, 0.29) is 11.1 Å². The van der Waals surface area contributed by atoms with Gasteiger partial charge in [-0.25, -0.2) is 9.59 Å². The Morgan fingerprint density at radius 2 is 1.22 bits per heavy atom. The molecule has 3 aromatic rings. The molecule has 0 unspecified atom stereocenters. The summed E-state index contributed by atoms with van der Waals surface area (Å²) in [6, 6.07) is 16.2. The van der Waals surface area contributed by atoms with E-state index >= 15 is 0 Å². The Hall–Kier alpha value is -3.40. The number of hydrogen-bond donors (Lipinski definition) is 2. The molecule has 1 fully saturated rings. The summed E-state index contributed by atoms with van der Waals surface area (Å²) in [6.07, 6.45) is 5.65. The van der Waals surface area contributed by atoms with Crippen molar-refractivity contribution in [2.24, 2.45) is 0 Å². The number of carboxylic acids is 2. The maximum atomic E-state index is 12.2. The maximum Gasteiger partial charge on any atom is 0.336 e. The summed E-state index contributed by atoms with van der Waals surface area (Å²) in [6.45, 7) is 4.08. The second-order valence-corrected chi connectivity index (χ2v) is 8.71. The molecule has 3 aromatic carbocycles. The molecule has 0 amide bonds. The maximum absolute atomic E-state index is 12.2. The van der Waals surface area contributed by atoms with Gasteiger partial charge in [-0.2, -0.15) is 0 Å². The van der Waals surface area contributed by atoms with Gasteiger partial charge in [0.15, 0.2) is 0 Å². The van der Waals surface area contributed by atoms with Gasteiger partial charge in [-0.1, -0.05) is 61.7 Å². The highest BCUT2D eigenvalue weighted by Gasteiger charge is 2.28. The third kappa shape index (κ3) is 3.93. The van der Waals surface area contributed by atoms with Gasteiger partial charge in [0.1, 0.15) is 0 Å². The molecule has 0 bridgehead atoms. The van der Waals surface area contributed by atoms with E-state index < -0.39 is 11.9 Å². The van der Waals surface area contributed by atoms with Gasteiger partial charge in [0.25, 0.3) is 0 Å². The molecule has 0 heterocycles. The Balaban J connectivity index is 2.14. The Morgan fingerprint density at radius 3 is 1.75 bits per heavy atom. The van der Waals surface area contributed by atoms with Crippen molar-refractivity contribution in [3.8, 4) is 22.3 Å². The Bertz CT molecular complexity index is 1190. The van der Waals surface area contributed by atoms with Gasteiger partial charge < -0.3 is 10.2 Å². The van der Waals surface area contributed by atoms with Gasteiger partial charge in [0.05, 0.1) is 11.1 Å². The lowest BCUT2D eigenvalue weighted by Crippen LogP contribution is -2.12. The van der Waals surface area contributed by atoms with Crippen LogP contribution in [0.5, 0.6) is 0 Å². The first-order valence-corrected chi connectivity index (χ1v) is 11.2. The molecule has 0 aliphatic heterocycles. The van der Waals surface area contributed by atoms with Crippen LogP contribution >= 0.6 is 0 Å². The van der Waals surface area contributed by atoms with Crippen LogP contribution in [0.1, 0.15) is 75.4 Å². The smallest absolute Gasteiger partial charge is 0.336 e. The standard InChI is InChI=1S/C28H28O4/c1-17-16-18(2)25(20-12-6-8-14-22(20)27(29)30)26(24(17)19-10-4-3-5-11-19)21-13-7-9-15-23(21)28(31)32/h6-9,12-16,19H,3-5,10-11H2,1-2H3,(H,29,30)(H,31,32). The van der Waals surface area contributed by atoms with Crippen molar-refractivity contribution in [2.45, 2.75) is 51.9 Å². The van der Waals surface area contributed by atoms with E-state index in [4.69, 9.17) is 0 Å². The van der Waals surface area contributed by atoms with Crippen LogP contribution in [-0.4, -0.2) is 22.2 Å². The van der Waals surface area contributed by atoms with Crippen LogP contribution in [0.4, 0.5) is 0 Å². The second-order valence-electron chi connectivity index (χ2n) is 8.71. The fourth-order valence-electron chi connectivity index (χ4n) is 5.32. The summed E-state index contributed by atoms with van der Waals surface area (Å²) in [5.41, 5.74) is 6.70. The van der Waals surface area contributed by atoms with E-state index in [1.807, 2.05) is 31.2 Å². The zero-order valence-electron chi connectivity index (χ0n) is 18.5. The number of hydrogen-bond acceptors (Lipinski definition) is 2. The molecule has 4 nitrogen and oxygen atoms in total. The van der Waals surface area contributed by atoms with E-state index in [9.17, 15) is 19.8 Å². The molecule has 0 aromatic heterocycles. The molecule has 2 N–H and O–H groups in total. The van der Waals surface area contributed by atoms with Gasteiger partial charge in [-0.05, 0) is 83.7 Å². The fourth-order valence-corrected chi connectivity index (χ4v) is 5.32. The number of rotatable bonds is 5. The quantitative estimate of drug-likeness (QED) is 0.455. The fraction of sp³-hybridized carbons (Fsp3) is 0.286. The molecule has 0 spiro atoms. The van der Waals surface area contributed by atoms with Crippen molar-refractivity contribution in [1.29, 1.82) is 0 Å². The number of aromatic carboxylic acids is 2. The van der Waals surface area contributed by atoms with E-state index in [0.29, 0.717) is 17.0 Å². The molecule has 0 saturated heterocycles. The monoisotopic (exact) mass is 428 g/mol. The summed E-state index contributed by atoms with van der Waals surface area (Å²) in [5.74, 6) is -1.64. The molecule has 0 atom stereocenters. The van der Waals surface area contributed by atoms with Gasteiger partial charge in [0.2, 0.25) is 0 Å². The predicted octanol–water partition coefficient (Wildman–Crippen LogP) is 7.08. The lowest BCUT2D eigenvalue weighted by atomic mass is 9.74. The Morgan fingerprint density at radius 1 is 0.719 bits per heavy atom. The van der Waals surface area contributed by atoms with Crippen molar-refractivity contribution >= 4 is 11.9 Å². The van der Waals surface area contributed by atoms with Crippen LogP contribution in [0.3, 0.4) is 0 Å². The highest BCUT2D eigenvalue weighted by Crippen LogP contribution is 2.47. The van der Waals surface area contributed by atoms with Crippen LogP contribution in [-0.2, 0) is 0 Å². The predicted molar refractivity (Wildman–Crippen MR) is 127 cm³/mol. The van der Waals surface area contributed by atoms with Crippen molar-refractivity contribution in [2.75, 3.05) is 0 Å². The molecule has 164 valence electrons. The average Bonchev–Trinajstić information content (AvgIpc) is 2.79. The summed E-state index contributed by atoms with van der Waals surface area (Å²) < 4.78 is 0. The van der Waals surface area contributed by atoms with Crippen molar-refractivity contribution in [3.05, 3.63) is 82.4 Å². The van der Waals surface area contributed by atoms with E-state index in [2.05, 4.69) is 13.0 Å². The number of carboxylic acid groups (broad SMARTS) is 2. The first kappa shape index (κ1) is 21.8. The molecule has 4 rings (SSSR count). The van der Waals surface area contributed by atoms with E-state index in [0.717, 1.165) is 47.9 Å². The molecule has 32 heavy (non-hydrogen) atoms. The first-order valence-electron chi connectivity index (χ1n) is 11.2. The average molecular weight is 429 g/mol. The van der Waals surface area contributed by atoms with Crippen molar-refractivity contribution in [3.63, 3.8) is 0 Å². The van der Waals surface area contributed by atoms with E-state index in [1.54, 1.807) is 24.3 Å². The zero-order valence-corrected chi connectivity index (χ0v) is 18.5. The molecule has 4 heteroatoms. The van der Waals surface area contributed by atoms with Gasteiger partial charge in [0, 0.05) is 0 Å².